The second-order valence-electron chi connectivity index (χ2n) is 6.17. The fourth-order valence-electron chi connectivity index (χ4n) is 2.82. The van der Waals surface area contributed by atoms with E-state index in [0.717, 1.165) is 5.56 Å². The summed E-state index contributed by atoms with van der Waals surface area (Å²) in [6.45, 7) is 4.67. The molecule has 0 aliphatic heterocycles. The van der Waals surface area contributed by atoms with Gasteiger partial charge in [0, 0.05) is 24.8 Å². The van der Waals surface area contributed by atoms with Crippen LogP contribution < -0.4 is 10.9 Å². The van der Waals surface area contributed by atoms with E-state index < -0.39 is 0 Å². The molecule has 0 aliphatic rings. The first-order chi connectivity index (χ1) is 11.5. The third-order valence-corrected chi connectivity index (χ3v) is 4.02. The largest absolute Gasteiger partial charge is 0.304 e. The number of fused-ring (bicyclic) bond motifs is 1. The van der Waals surface area contributed by atoms with Crippen molar-refractivity contribution in [2.24, 2.45) is 5.92 Å². The van der Waals surface area contributed by atoms with Crippen LogP contribution >= 0.6 is 0 Å². The molecule has 0 radical (unpaired) electrons. The first kappa shape index (κ1) is 16.3. The van der Waals surface area contributed by atoms with Crippen molar-refractivity contribution >= 4 is 5.65 Å². The lowest BCUT2D eigenvalue weighted by Gasteiger charge is -2.23. The fraction of sp³-hybridized carbons (Fsp3) is 0.263. The zero-order valence-electron chi connectivity index (χ0n) is 13.7. The summed E-state index contributed by atoms with van der Waals surface area (Å²) in [7, 11) is 0. The van der Waals surface area contributed by atoms with Gasteiger partial charge in [0.15, 0.2) is 0 Å². The summed E-state index contributed by atoms with van der Waals surface area (Å²) >= 11 is 0. The highest BCUT2D eigenvalue weighted by atomic mass is 19.1. The molecule has 24 heavy (non-hydrogen) atoms. The van der Waals surface area contributed by atoms with Crippen LogP contribution in [-0.2, 0) is 6.54 Å². The molecule has 124 valence electrons. The van der Waals surface area contributed by atoms with Crippen LogP contribution in [0.25, 0.3) is 5.65 Å². The van der Waals surface area contributed by atoms with Crippen LogP contribution in [0.5, 0.6) is 0 Å². The molecule has 2 heterocycles. The van der Waals surface area contributed by atoms with E-state index in [1.165, 1.54) is 16.5 Å². The number of rotatable bonds is 5. The smallest absolute Gasteiger partial charge is 0.258 e. The Balaban J connectivity index is 1.82. The van der Waals surface area contributed by atoms with Gasteiger partial charge in [0.25, 0.3) is 5.56 Å². The van der Waals surface area contributed by atoms with Crippen LogP contribution in [0.4, 0.5) is 4.39 Å². The van der Waals surface area contributed by atoms with Gasteiger partial charge in [0.1, 0.15) is 11.5 Å². The molecule has 3 rings (SSSR count). The Labute approximate surface area is 140 Å². The van der Waals surface area contributed by atoms with Crippen molar-refractivity contribution in [2.75, 3.05) is 0 Å². The van der Waals surface area contributed by atoms with Crippen molar-refractivity contribution in [3.8, 4) is 0 Å². The van der Waals surface area contributed by atoms with E-state index in [4.69, 9.17) is 0 Å². The number of nitrogens with one attached hydrogen (secondary N) is 1. The summed E-state index contributed by atoms with van der Waals surface area (Å²) in [5, 5.41) is 3.43. The van der Waals surface area contributed by atoms with E-state index in [1.54, 1.807) is 30.5 Å². The van der Waals surface area contributed by atoms with E-state index in [1.807, 2.05) is 12.1 Å². The Kier molecular flexibility index (Phi) is 4.71. The molecule has 5 heteroatoms. The average molecular weight is 325 g/mol. The van der Waals surface area contributed by atoms with Crippen LogP contribution in [-0.4, -0.2) is 9.38 Å². The molecule has 4 nitrogen and oxygen atoms in total. The Hall–Kier alpha value is -2.53. The van der Waals surface area contributed by atoms with Crippen molar-refractivity contribution in [2.45, 2.75) is 26.4 Å². The molecule has 0 spiro atoms. The SMILES string of the molecule is CC(C)C(NCc1cc(=O)n2ccccc2n1)c1ccc(F)cc1. The molecule has 0 saturated heterocycles. The molecule has 2 aromatic heterocycles. The van der Waals surface area contributed by atoms with E-state index >= 15 is 0 Å². The molecule has 1 atom stereocenters. The van der Waals surface area contributed by atoms with Crippen molar-refractivity contribution in [3.05, 3.63) is 82.2 Å². The van der Waals surface area contributed by atoms with Gasteiger partial charge in [0.2, 0.25) is 0 Å². The molecule has 1 unspecified atom stereocenters. The molecule has 1 aromatic carbocycles. The highest BCUT2D eigenvalue weighted by molar-refractivity contribution is 5.38. The summed E-state index contributed by atoms with van der Waals surface area (Å²) in [6, 6.07) is 13.6. The van der Waals surface area contributed by atoms with Crippen molar-refractivity contribution in [1.82, 2.24) is 14.7 Å². The molecular weight excluding hydrogens is 305 g/mol. The van der Waals surface area contributed by atoms with Gasteiger partial charge >= 0.3 is 0 Å². The lowest BCUT2D eigenvalue weighted by molar-refractivity contribution is 0.408. The first-order valence-corrected chi connectivity index (χ1v) is 8.01. The van der Waals surface area contributed by atoms with Gasteiger partial charge in [-0.15, -0.1) is 0 Å². The number of halogens is 1. The van der Waals surface area contributed by atoms with Crippen LogP contribution in [0.2, 0.25) is 0 Å². The van der Waals surface area contributed by atoms with Crippen molar-refractivity contribution < 1.29 is 4.39 Å². The molecule has 0 amide bonds. The summed E-state index contributed by atoms with van der Waals surface area (Å²) in [4.78, 5) is 16.7. The highest BCUT2D eigenvalue weighted by Crippen LogP contribution is 2.22. The van der Waals surface area contributed by atoms with Gasteiger partial charge in [-0.3, -0.25) is 9.20 Å². The molecule has 0 aliphatic carbocycles. The standard InChI is InChI=1S/C19H20FN3O/c1-13(2)19(14-6-8-15(20)9-7-14)21-12-16-11-18(24)23-10-4-3-5-17(23)22-16/h3-11,13,19,21H,12H2,1-2H3. The Morgan fingerprint density at radius 3 is 2.62 bits per heavy atom. The molecule has 0 fully saturated rings. The topological polar surface area (TPSA) is 46.4 Å². The number of benzene rings is 1. The van der Waals surface area contributed by atoms with Crippen molar-refractivity contribution in [3.63, 3.8) is 0 Å². The van der Waals surface area contributed by atoms with E-state index in [0.29, 0.717) is 23.8 Å². The van der Waals surface area contributed by atoms with Crippen LogP contribution in [0.1, 0.15) is 31.1 Å². The van der Waals surface area contributed by atoms with E-state index in [-0.39, 0.29) is 17.4 Å². The lowest BCUT2D eigenvalue weighted by atomic mass is 9.96. The summed E-state index contributed by atoms with van der Waals surface area (Å²) in [6.07, 6.45) is 1.71. The highest BCUT2D eigenvalue weighted by Gasteiger charge is 2.16. The lowest BCUT2D eigenvalue weighted by Crippen LogP contribution is -2.27. The second-order valence-corrected chi connectivity index (χ2v) is 6.17. The zero-order valence-corrected chi connectivity index (χ0v) is 13.7. The number of nitrogens with zero attached hydrogens (tertiary/aromatic N) is 2. The van der Waals surface area contributed by atoms with E-state index in [9.17, 15) is 9.18 Å². The number of pyridine rings is 1. The average Bonchev–Trinajstić information content (AvgIpc) is 2.56. The van der Waals surface area contributed by atoms with Gasteiger partial charge in [-0.2, -0.15) is 0 Å². The van der Waals surface area contributed by atoms with E-state index in [2.05, 4.69) is 24.1 Å². The minimum Gasteiger partial charge on any atom is -0.304 e. The Bertz CT molecular complexity index is 887. The van der Waals surface area contributed by atoms with Crippen LogP contribution in [0.15, 0.2) is 59.5 Å². The van der Waals surface area contributed by atoms with Gasteiger partial charge < -0.3 is 5.32 Å². The Morgan fingerprint density at radius 2 is 1.92 bits per heavy atom. The van der Waals surface area contributed by atoms with Gasteiger partial charge in [-0.1, -0.05) is 32.0 Å². The van der Waals surface area contributed by atoms with Gasteiger partial charge in [-0.25, -0.2) is 9.37 Å². The maximum absolute atomic E-state index is 13.1. The molecular formula is C19H20FN3O. The third kappa shape index (κ3) is 3.51. The number of hydrogen-bond donors (Lipinski definition) is 1. The monoisotopic (exact) mass is 325 g/mol. The second kappa shape index (κ2) is 6.93. The fourth-order valence-corrected chi connectivity index (χ4v) is 2.82. The zero-order chi connectivity index (χ0) is 17.1. The molecule has 0 bridgehead atoms. The first-order valence-electron chi connectivity index (χ1n) is 8.01. The maximum Gasteiger partial charge on any atom is 0.258 e. The number of hydrogen-bond acceptors (Lipinski definition) is 3. The normalized spacial score (nSPS) is 12.7. The third-order valence-electron chi connectivity index (χ3n) is 4.02. The maximum atomic E-state index is 13.1. The van der Waals surface area contributed by atoms with Crippen LogP contribution in [0, 0.1) is 11.7 Å². The molecule has 1 N–H and O–H groups in total. The molecule has 0 saturated carbocycles. The summed E-state index contributed by atoms with van der Waals surface area (Å²) < 4.78 is 14.6. The predicted molar refractivity (Wildman–Crippen MR) is 92.3 cm³/mol. The minimum absolute atomic E-state index is 0.0571. The van der Waals surface area contributed by atoms with Gasteiger partial charge in [-0.05, 0) is 35.7 Å². The predicted octanol–water partition coefficient (Wildman–Crippen LogP) is 3.32. The van der Waals surface area contributed by atoms with Gasteiger partial charge in [0.05, 0.1) is 5.69 Å². The quantitative estimate of drug-likeness (QED) is 0.783. The molecule has 3 aromatic rings. The van der Waals surface area contributed by atoms with Crippen molar-refractivity contribution in [1.29, 1.82) is 0 Å². The summed E-state index contributed by atoms with van der Waals surface area (Å²) in [5.74, 6) is 0.0717. The summed E-state index contributed by atoms with van der Waals surface area (Å²) in [5.41, 5.74) is 2.24. The Morgan fingerprint density at radius 1 is 1.17 bits per heavy atom. The van der Waals surface area contributed by atoms with Crippen LogP contribution in [0.3, 0.4) is 0 Å². The number of aromatic nitrogens is 2. The minimum atomic E-state index is -0.245.